The van der Waals surface area contributed by atoms with Crippen molar-refractivity contribution in [1.82, 2.24) is 25.4 Å². The van der Waals surface area contributed by atoms with Crippen molar-refractivity contribution in [1.29, 1.82) is 0 Å². The van der Waals surface area contributed by atoms with Crippen molar-refractivity contribution in [2.75, 3.05) is 45.7 Å². The average Bonchev–Trinajstić information content (AvgIpc) is 3.11. The van der Waals surface area contributed by atoms with Gasteiger partial charge in [-0.15, -0.1) is 0 Å². The second-order valence-corrected chi connectivity index (χ2v) is 13.3. The van der Waals surface area contributed by atoms with E-state index in [1.165, 1.54) is 13.2 Å². The number of benzene rings is 1. The summed E-state index contributed by atoms with van der Waals surface area (Å²) in [5.41, 5.74) is -1.04. The molecule has 2 heterocycles. The SMILES string of the molecule is CCC(=O)N[C@H](C)[C@@H](C(=O)N1CCN(C)CC1)c1ccc(NC(=O)[C@@H](NC(=O)C(F)(F)c2ccc(OC)nc2)C2CCC(C(F)(F)F)CC2)c(F)c1. The maximum absolute atomic E-state index is 15.8. The summed E-state index contributed by atoms with van der Waals surface area (Å²) < 4.78 is 91.4. The summed E-state index contributed by atoms with van der Waals surface area (Å²) in [6.45, 7) is 5.34. The number of nitrogens with one attached hydrogen (secondary N) is 3. The Hall–Kier alpha value is -4.41. The molecule has 3 atom stereocenters. The van der Waals surface area contributed by atoms with Crippen molar-refractivity contribution in [2.45, 2.75) is 76.1 Å². The number of hydrogen-bond donors (Lipinski definition) is 3. The molecule has 11 nitrogen and oxygen atoms in total. The van der Waals surface area contributed by atoms with E-state index in [0.29, 0.717) is 26.2 Å². The van der Waals surface area contributed by atoms with Gasteiger partial charge in [0.2, 0.25) is 23.6 Å². The lowest BCUT2D eigenvalue weighted by molar-refractivity contribution is -0.184. The fraction of sp³-hybridized carbons (Fsp3) is 0.571. The monoisotopic (exact) mass is 742 g/mol. The minimum atomic E-state index is -4.49. The molecule has 286 valence electrons. The largest absolute Gasteiger partial charge is 0.481 e. The third-order valence-corrected chi connectivity index (χ3v) is 9.77. The van der Waals surface area contributed by atoms with E-state index in [1.54, 1.807) is 18.7 Å². The van der Waals surface area contributed by atoms with Gasteiger partial charge in [-0.2, -0.15) is 22.0 Å². The van der Waals surface area contributed by atoms with Crippen LogP contribution in [-0.4, -0.2) is 97.0 Å². The lowest BCUT2D eigenvalue weighted by atomic mass is 9.77. The lowest BCUT2D eigenvalue weighted by Crippen LogP contribution is -2.53. The molecule has 2 fully saturated rings. The third-order valence-electron chi connectivity index (χ3n) is 9.77. The zero-order valence-electron chi connectivity index (χ0n) is 29.4. The van der Waals surface area contributed by atoms with Crippen molar-refractivity contribution >= 4 is 29.3 Å². The number of aromatic nitrogens is 1. The Balaban J connectivity index is 1.59. The van der Waals surface area contributed by atoms with Crippen LogP contribution >= 0.6 is 0 Å². The summed E-state index contributed by atoms with van der Waals surface area (Å²) >= 11 is 0. The molecule has 0 spiro atoms. The quantitative estimate of drug-likeness (QED) is 0.271. The van der Waals surface area contributed by atoms with Gasteiger partial charge in [-0.3, -0.25) is 19.2 Å². The number of rotatable bonds is 12. The Labute approximate surface area is 297 Å². The highest BCUT2D eigenvalue weighted by Gasteiger charge is 2.47. The molecule has 3 N–H and O–H groups in total. The molecule has 4 rings (SSSR count). The first kappa shape index (κ1) is 40.4. The van der Waals surface area contributed by atoms with Crippen LogP contribution < -0.4 is 20.7 Å². The molecular weight excluding hydrogens is 698 g/mol. The minimum Gasteiger partial charge on any atom is -0.481 e. The first-order chi connectivity index (χ1) is 24.5. The zero-order valence-corrected chi connectivity index (χ0v) is 29.4. The topological polar surface area (TPSA) is 133 Å². The normalized spacial score (nSPS) is 20.3. The Morgan fingerprint density at radius 3 is 2.15 bits per heavy atom. The molecule has 4 amide bonds. The number of hydrogen-bond acceptors (Lipinski definition) is 7. The van der Waals surface area contributed by atoms with Gasteiger partial charge < -0.3 is 30.5 Å². The van der Waals surface area contributed by atoms with Crippen molar-refractivity contribution in [2.24, 2.45) is 11.8 Å². The molecule has 0 bridgehead atoms. The van der Waals surface area contributed by atoms with E-state index >= 15 is 13.2 Å². The molecule has 1 aliphatic carbocycles. The smallest absolute Gasteiger partial charge is 0.391 e. The highest BCUT2D eigenvalue weighted by Crippen LogP contribution is 2.41. The van der Waals surface area contributed by atoms with Gasteiger partial charge in [-0.1, -0.05) is 13.0 Å². The minimum absolute atomic E-state index is 0.00173. The van der Waals surface area contributed by atoms with Crippen LogP contribution in [0.1, 0.15) is 63.0 Å². The number of anilines is 1. The molecule has 52 heavy (non-hydrogen) atoms. The average molecular weight is 743 g/mol. The summed E-state index contributed by atoms with van der Waals surface area (Å²) in [5, 5.41) is 7.08. The Morgan fingerprint density at radius 1 is 0.962 bits per heavy atom. The highest BCUT2D eigenvalue weighted by atomic mass is 19.4. The number of piperazine rings is 1. The van der Waals surface area contributed by atoms with E-state index in [4.69, 9.17) is 4.74 Å². The zero-order chi connectivity index (χ0) is 38.4. The Kier molecular flexibility index (Phi) is 13.2. The first-order valence-electron chi connectivity index (χ1n) is 17.1. The highest BCUT2D eigenvalue weighted by molar-refractivity contribution is 5.98. The van der Waals surface area contributed by atoms with E-state index < -0.39 is 83.7 Å². The first-order valence-corrected chi connectivity index (χ1v) is 17.1. The summed E-state index contributed by atoms with van der Waals surface area (Å²) in [6.07, 6.45) is -4.87. The number of ether oxygens (including phenoxy) is 1. The van der Waals surface area contributed by atoms with Gasteiger partial charge in [-0.25, -0.2) is 9.37 Å². The summed E-state index contributed by atoms with van der Waals surface area (Å²) in [7, 11) is 3.18. The number of carbonyl (C=O) groups excluding carboxylic acids is 4. The van der Waals surface area contributed by atoms with Crippen LogP contribution in [0.3, 0.4) is 0 Å². The number of alkyl halides is 5. The van der Waals surface area contributed by atoms with Crippen molar-refractivity contribution in [3.05, 3.63) is 53.5 Å². The number of methoxy groups -OCH3 is 1. The van der Waals surface area contributed by atoms with Gasteiger partial charge in [0.1, 0.15) is 11.9 Å². The maximum atomic E-state index is 15.8. The van der Waals surface area contributed by atoms with E-state index in [-0.39, 0.29) is 42.5 Å². The lowest BCUT2D eigenvalue weighted by Gasteiger charge is -2.36. The van der Waals surface area contributed by atoms with Crippen LogP contribution in [-0.2, 0) is 25.1 Å². The number of halogens is 6. The van der Waals surface area contributed by atoms with Crippen molar-refractivity contribution in [3.63, 3.8) is 0 Å². The van der Waals surface area contributed by atoms with Crippen molar-refractivity contribution in [3.8, 4) is 5.88 Å². The molecule has 1 aliphatic heterocycles. The molecule has 0 unspecified atom stereocenters. The van der Waals surface area contributed by atoms with Crippen LogP contribution in [0, 0.1) is 17.7 Å². The fourth-order valence-electron chi connectivity index (χ4n) is 6.57. The molecule has 17 heteroatoms. The fourth-order valence-corrected chi connectivity index (χ4v) is 6.57. The van der Waals surface area contributed by atoms with Gasteiger partial charge in [0, 0.05) is 56.5 Å². The van der Waals surface area contributed by atoms with Gasteiger partial charge in [0.15, 0.2) is 0 Å². The molecule has 2 aromatic rings. The van der Waals surface area contributed by atoms with E-state index in [9.17, 15) is 32.3 Å². The number of carbonyl (C=O) groups is 4. The Morgan fingerprint density at radius 2 is 1.62 bits per heavy atom. The van der Waals surface area contributed by atoms with Crippen LogP contribution in [0.5, 0.6) is 5.88 Å². The van der Waals surface area contributed by atoms with Crippen LogP contribution in [0.15, 0.2) is 36.5 Å². The molecule has 2 aliphatic rings. The predicted molar refractivity (Wildman–Crippen MR) is 178 cm³/mol. The maximum Gasteiger partial charge on any atom is 0.391 e. The molecule has 1 saturated heterocycles. The van der Waals surface area contributed by atoms with Crippen LogP contribution in [0.2, 0.25) is 0 Å². The Bertz CT molecular complexity index is 1580. The number of pyridine rings is 1. The second-order valence-electron chi connectivity index (χ2n) is 13.3. The van der Waals surface area contributed by atoms with Gasteiger partial charge >= 0.3 is 12.1 Å². The second kappa shape index (κ2) is 16.9. The third kappa shape index (κ3) is 9.72. The number of amides is 4. The van der Waals surface area contributed by atoms with E-state index in [1.807, 2.05) is 17.3 Å². The van der Waals surface area contributed by atoms with Gasteiger partial charge in [0.05, 0.1) is 24.6 Å². The number of likely N-dealkylation sites (N-methyl/N-ethyl adjacent to an activating group) is 1. The van der Waals surface area contributed by atoms with E-state index in [0.717, 1.165) is 30.5 Å². The molecule has 1 aromatic carbocycles. The summed E-state index contributed by atoms with van der Waals surface area (Å²) in [4.78, 5) is 60.0. The summed E-state index contributed by atoms with van der Waals surface area (Å²) in [6, 6.07) is 3.09. The molecular formula is C35H44F6N6O5. The van der Waals surface area contributed by atoms with Gasteiger partial charge in [0.25, 0.3) is 5.91 Å². The molecule has 1 aromatic heterocycles. The molecule has 0 radical (unpaired) electrons. The number of nitrogens with zero attached hydrogens (tertiary/aromatic N) is 3. The molecule has 1 saturated carbocycles. The van der Waals surface area contributed by atoms with Gasteiger partial charge in [-0.05, 0) is 69.3 Å². The summed E-state index contributed by atoms with van der Waals surface area (Å²) in [5.74, 6) is -12.5. The van der Waals surface area contributed by atoms with E-state index in [2.05, 4.69) is 15.6 Å². The van der Waals surface area contributed by atoms with Crippen LogP contribution in [0.4, 0.5) is 32.0 Å². The standard InChI is InChI=1S/C35H44F6N6O5/c1-5-27(48)43-20(2)29(32(50)47-16-14-46(3)15-17-47)22-8-12-26(25(36)18-22)44-31(49)30(21-6-9-23(10-7-21)35(39,40)41)45-33(51)34(37,38)24-11-13-28(52-4)42-19-24/h8,11-13,18-21,23,29-30H,5-7,9-10,14-17H2,1-4H3,(H,43,48)(H,44,49)(H,45,51)/t20-,21?,23?,29-,30+/m1/s1. The van der Waals surface area contributed by atoms with Crippen molar-refractivity contribution < 1.29 is 50.3 Å². The predicted octanol–water partition coefficient (Wildman–Crippen LogP) is 4.59. The van der Waals surface area contributed by atoms with Crippen LogP contribution in [0.25, 0.3) is 0 Å².